The second-order valence-corrected chi connectivity index (χ2v) is 4.92. The lowest BCUT2D eigenvalue weighted by Gasteiger charge is -2.25. The van der Waals surface area contributed by atoms with Gasteiger partial charge in [-0.25, -0.2) is 0 Å². The predicted molar refractivity (Wildman–Crippen MR) is 55.9 cm³/mol. The topological polar surface area (TPSA) is 24.1 Å². The number of nitrogens with one attached hydrogen (secondary N) is 2. The monoisotopic (exact) mass is 182 g/mol. The van der Waals surface area contributed by atoms with Crippen LogP contribution in [0.25, 0.3) is 0 Å². The first kappa shape index (κ1) is 9.47. The highest BCUT2D eigenvalue weighted by Crippen LogP contribution is 2.28. The fourth-order valence-electron chi connectivity index (χ4n) is 2.26. The molecule has 2 nitrogen and oxygen atoms in total. The molecule has 2 rings (SSSR count). The molecule has 2 fully saturated rings. The molecule has 0 aliphatic heterocycles. The van der Waals surface area contributed by atoms with Crippen LogP contribution in [0, 0.1) is 0 Å². The van der Waals surface area contributed by atoms with Gasteiger partial charge in [0.25, 0.3) is 0 Å². The van der Waals surface area contributed by atoms with Crippen molar-refractivity contribution < 1.29 is 0 Å². The molecule has 0 aromatic carbocycles. The summed E-state index contributed by atoms with van der Waals surface area (Å²) in [6, 6.07) is 0.859. The molecule has 2 saturated carbocycles. The molecule has 0 bridgehead atoms. The molecular weight excluding hydrogens is 160 g/mol. The van der Waals surface area contributed by atoms with Crippen LogP contribution in [0.5, 0.6) is 0 Å². The fourth-order valence-corrected chi connectivity index (χ4v) is 2.26. The zero-order chi connectivity index (χ0) is 9.15. The third kappa shape index (κ3) is 2.96. The maximum atomic E-state index is 3.68. The molecule has 0 heterocycles. The Labute approximate surface area is 81.5 Å². The van der Waals surface area contributed by atoms with Crippen LogP contribution in [-0.2, 0) is 0 Å². The van der Waals surface area contributed by atoms with Crippen LogP contribution in [0.4, 0.5) is 0 Å². The highest BCUT2D eigenvalue weighted by Gasteiger charge is 2.27. The summed E-state index contributed by atoms with van der Waals surface area (Å²) in [5.74, 6) is 0. The summed E-state index contributed by atoms with van der Waals surface area (Å²) in [6.07, 6.45) is 8.38. The fraction of sp³-hybridized carbons (Fsp3) is 1.00. The average Bonchev–Trinajstić information content (AvgIpc) is 2.84. The molecule has 0 spiro atoms. The largest absolute Gasteiger partial charge is 0.313 e. The summed E-state index contributed by atoms with van der Waals surface area (Å²) in [5.41, 5.74) is 0.464. The Morgan fingerprint density at radius 2 is 1.85 bits per heavy atom. The zero-order valence-corrected chi connectivity index (χ0v) is 8.73. The normalized spacial score (nSPS) is 26.5. The van der Waals surface area contributed by atoms with Crippen LogP contribution in [0.15, 0.2) is 0 Å². The van der Waals surface area contributed by atoms with Gasteiger partial charge in [-0.05, 0) is 32.6 Å². The van der Waals surface area contributed by atoms with E-state index in [-0.39, 0.29) is 0 Å². The Kier molecular flexibility index (Phi) is 2.89. The summed E-state index contributed by atoms with van der Waals surface area (Å²) >= 11 is 0. The van der Waals surface area contributed by atoms with Crippen molar-refractivity contribution in [3.8, 4) is 0 Å². The molecule has 2 N–H and O–H groups in total. The second kappa shape index (κ2) is 3.97. The lowest BCUT2D eigenvalue weighted by atomic mass is 10.0. The summed E-state index contributed by atoms with van der Waals surface area (Å²) < 4.78 is 0. The first-order valence-electron chi connectivity index (χ1n) is 5.77. The molecular formula is C11H22N2. The molecule has 0 radical (unpaired) electrons. The molecule has 0 saturated heterocycles. The van der Waals surface area contributed by atoms with Crippen LogP contribution < -0.4 is 10.6 Å². The van der Waals surface area contributed by atoms with E-state index in [0.717, 1.165) is 19.1 Å². The van der Waals surface area contributed by atoms with Gasteiger partial charge in [0.15, 0.2) is 0 Å². The second-order valence-electron chi connectivity index (χ2n) is 4.92. The van der Waals surface area contributed by atoms with E-state index in [9.17, 15) is 0 Å². The predicted octanol–water partition coefficient (Wildman–Crippen LogP) is 1.66. The van der Waals surface area contributed by atoms with Gasteiger partial charge in [-0.15, -0.1) is 0 Å². The van der Waals surface area contributed by atoms with Gasteiger partial charge in [-0.2, -0.15) is 0 Å². The van der Waals surface area contributed by atoms with Gasteiger partial charge in [0.05, 0.1) is 0 Å². The molecule has 76 valence electrons. The van der Waals surface area contributed by atoms with Crippen molar-refractivity contribution in [2.24, 2.45) is 0 Å². The van der Waals surface area contributed by atoms with Crippen molar-refractivity contribution in [1.29, 1.82) is 0 Å². The Hall–Kier alpha value is -0.0800. The molecule has 0 amide bonds. The Balaban J connectivity index is 1.55. The summed E-state index contributed by atoms with van der Waals surface area (Å²) in [5, 5.41) is 7.21. The van der Waals surface area contributed by atoms with Gasteiger partial charge < -0.3 is 10.6 Å². The van der Waals surface area contributed by atoms with Crippen LogP contribution >= 0.6 is 0 Å². The molecule has 0 atom stereocenters. The third-order valence-electron chi connectivity index (χ3n) is 3.39. The van der Waals surface area contributed by atoms with Crippen LogP contribution in [0.2, 0.25) is 0 Å². The summed E-state index contributed by atoms with van der Waals surface area (Å²) in [6.45, 7) is 4.67. The van der Waals surface area contributed by atoms with Crippen molar-refractivity contribution in [3.05, 3.63) is 0 Å². The highest BCUT2D eigenvalue weighted by atomic mass is 15.0. The van der Waals surface area contributed by atoms with Gasteiger partial charge in [0.2, 0.25) is 0 Å². The molecule has 2 aliphatic rings. The summed E-state index contributed by atoms with van der Waals surface area (Å²) in [7, 11) is 0. The van der Waals surface area contributed by atoms with Crippen LogP contribution in [0.3, 0.4) is 0 Å². The zero-order valence-electron chi connectivity index (χ0n) is 8.73. The SMILES string of the molecule is CC1(NCCNC2CC2)CCCC1. The minimum Gasteiger partial charge on any atom is -0.313 e. The quantitative estimate of drug-likeness (QED) is 0.632. The number of hydrogen-bond acceptors (Lipinski definition) is 2. The minimum absolute atomic E-state index is 0.464. The van der Waals surface area contributed by atoms with Crippen molar-refractivity contribution in [2.45, 2.75) is 57.0 Å². The van der Waals surface area contributed by atoms with E-state index in [0.29, 0.717) is 5.54 Å². The smallest absolute Gasteiger partial charge is 0.0153 e. The van der Waals surface area contributed by atoms with Gasteiger partial charge in [0.1, 0.15) is 0 Å². The average molecular weight is 182 g/mol. The molecule has 13 heavy (non-hydrogen) atoms. The lowest BCUT2D eigenvalue weighted by Crippen LogP contribution is -2.43. The van der Waals surface area contributed by atoms with Gasteiger partial charge in [-0.3, -0.25) is 0 Å². The van der Waals surface area contributed by atoms with E-state index in [1.807, 2.05) is 0 Å². The van der Waals surface area contributed by atoms with Gasteiger partial charge in [0, 0.05) is 24.7 Å². The first-order valence-corrected chi connectivity index (χ1v) is 5.77. The Morgan fingerprint density at radius 1 is 1.15 bits per heavy atom. The first-order chi connectivity index (χ1) is 6.29. The van der Waals surface area contributed by atoms with Crippen LogP contribution in [0.1, 0.15) is 45.4 Å². The van der Waals surface area contributed by atoms with E-state index in [4.69, 9.17) is 0 Å². The molecule has 0 aromatic heterocycles. The van der Waals surface area contributed by atoms with E-state index < -0.39 is 0 Å². The Bertz CT molecular complexity index is 157. The van der Waals surface area contributed by atoms with E-state index in [1.165, 1.54) is 38.5 Å². The Morgan fingerprint density at radius 3 is 2.46 bits per heavy atom. The van der Waals surface area contributed by atoms with Crippen molar-refractivity contribution in [3.63, 3.8) is 0 Å². The van der Waals surface area contributed by atoms with E-state index in [2.05, 4.69) is 17.6 Å². The van der Waals surface area contributed by atoms with Gasteiger partial charge >= 0.3 is 0 Å². The number of hydrogen-bond donors (Lipinski definition) is 2. The standard InChI is InChI=1S/C11H22N2/c1-11(6-2-3-7-11)13-9-8-12-10-4-5-10/h10,12-13H,2-9H2,1H3. The van der Waals surface area contributed by atoms with E-state index in [1.54, 1.807) is 0 Å². The number of rotatable bonds is 5. The van der Waals surface area contributed by atoms with Gasteiger partial charge in [-0.1, -0.05) is 12.8 Å². The summed E-state index contributed by atoms with van der Waals surface area (Å²) in [4.78, 5) is 0. The highest BCUT2D eigenvalue weighted by molar-refractivity contribution is 4.88. The third-order valence-corrected chi connectivity index (χ3v) is 3.39. The molecule has 2 aliphatic carbocycles. The maximum absolute atomic E-state index is 3.68. The maximum Gasteiger partial charge on any atom is 0.0153 e. The molecule has 0 aromatic rings. The lowest BCUT2D eigenvalue weighted by molar-refractivity contribution is 0.363. The van der Waals surface area contributed by atoms with Crippen molar-refractivity contribution in [1.82, 2.24) is 10.6 Å². The molecule has 2 heteroatoms. The van der Waals surface area contributed by atoms with Crippen LogP contribution in [-0.4, -0.2) is 24.7 Å². The van der Waals surface area contributed by atoms with Crippen molar-refractivity contribution >= 4 is 0 Å². The molecule has 0 unspecified atom stereocenters. The minimum atomic E-state index is 0.464. The van der Waals surface area contributed by atoms with E-state index >= 15 is 0 Å². The van der Waals surface area contributed by atoms with Crippen molar-refractivity contribution in [2.75, 3.05) is 13.1 Å².